The molecule has 1 aromatic carbocycles. The molecule has 5 heteroatoms. The lowest BCUT2D eigenvalue weighted by Gasteiger charge is -2.08. The molecule has 2 rings (SSSR count). The Morgan fingerprint density at radius 2 is 2.00 bits per heavy atom. The number of benzene rings is 1. The van der Waals surface area contributed by atoms with Crippen LogP contribution in [0, 0.1) is 6.92 Å². The summed E-state index contributed by atoms with van der Waals surface area (Å²) in [5.74, 6) is 5.48. The van der Waals surface area contributed by atoms with Gasteiger partial charge in [0.1, 0.15) is 0 Å². The van der Waals surface area contributed by atoms with E-state index in [0.29, 0.717) is 17.9 Å². The molecule has 1 heterocycles. The van der Waals surface area contributed by atoms with Gasteiger partial charge in [0.05, 0.1) is 5.56 Å². The van der Waals surface area contributed by atoms with E-state index in [-0.39, 0.29) is 5.91 Å². The number of nitrogens with two attached hydrogens (primary N) is 1. The molecule has 19 heavy (non-hydrogen) atoms. The minimum Gasteiger partial charge on any atom is -0.348 e. The molecule has 0 aliphatic rings. The smallest absolute Gasteiger partial charge is 0.255 e. The second kappa shape index (κ2) is 5.97. The van der Waals surface area contributed by atoms with Crippen molar-refractivity contribution in [3.05, 3.63) is 59.3 Å². The number of rotatable bonds is 4. The Balaban J connectivity index is 2.03. The van der Waals surface area contributed by atoms with Crippen molar-refractivity contribution in [2.45, 2.75) is 13.5 Å². The van der Waals surface area contributed by atoms with Crippen molar-refractivity contribution in [2.75, 3.05) is 5.43 Å². The average molecular weight is 256 g/mol. The van der Waals surface area contributed by atoms with Crippen LogP contribution in [0.25, 0.3) is 0 Å². The predicted molar refractivity (Wildman–Crippen MR) is 74.4 cm³/mol. The van der Waals surface area contributed by atoms with Gasteiger partial charge in [-0.2, -0.15) is 0 Å². The third kappa shape index (κ3) is 3.29. The first-order chi connectivity index (χ1) is 9.20. The van der Waals surface area contributed by atoms with Crippen LogP contribution >= 0.6 is 0 Å². The van der Waals surface area contributed by atoms with Gasteiger partial charge in [-0.25, -0.2) is 10.8 Å². The Kier molecular flexibility index (Phi) is 4.10. The van der Waals surface area contributed by atoms with Crippen molar-refractivity contribution in [2.24, 2.45) is 5.84 Å². The molecule has 2 aromatic rings. The number of aromatic nitrogens is 1. The summed E-state index contributed by atoms with van der Waals surface area (Å²) < 4.78 is 0. The van der Waals surface area contributed by atoms with E-state index >= 15 is 0 Å². The molecule has 0 unspecified atom stereocenters. The number of aryl methyl sites for hydroxylation is 1. The van der Waals surface area contributed by atoms with Crippen LogP contribution in [0.15, 0.2) is 42.6 Å². The fourth-order valence-corrected chi connectivity index (χ4v) is 1.69. The lowest BCUT2D eigenvalue weighted by Crippen LogP contribution is -2.25. The molecule has 0 saturated heterocycles. The standard InChI is InChI=1S/C14H16N4O/c1-10-4-6-11(7-5-10)9-17-14(19)12-3-2-8-16-13(12)18-15/h2-8H,9,15H2,1H3,(H,16,18)(H,17,19). The number of nitrogens with one attached hydrogen (secondary N) is 2. The van der Waals surface area contributed by atoms with E-state index in [9.17, 15) is 4.79 Å². The molecule has 0 atom stereocenters. The molecule has 0 aliphatic carbocycles. The van der Waals surface area contributed by atoms with E-state index in [1.807, 2.05) is 31.2 Å². The number of nitrogen functional groups attached to an aromatic ring is 1. The first-order valence-corrected chi connectivity index (χ1v) is 5.96. The largest absolute Gasteiger partial charge is 0.348 e. The maximum atomic E-state index is 12.0. The van der Waals surface area contributed by atoms with E-state index in [0.717, 1.165) is 5.56 Å². The molecule has 4 N–H and O–H groups in total. The molecule has 5 nitrogen and oxygen atoms in total. The zero-order chi connectivity index (χ0) is 13.7. The number of anilines is 1. The van der Waals surface area contributed by atoms with E-state index in [4.69, 9.17) is 5.84 Å². The van der Waals surface area contributed by atoms with Crippen molar-refractivity contribution in [3.8, 4) is 0 Å². The van der Waals surface area contributed by atoms with Crippen LogP contribution in [0.2, 0.25) is 0 Å². The van der Waals surface area contributed by atoms with Gasteiger partial charge in [0, 0.05) is 12.7 Å². The minimum absolute atomic E-state index is 0.207. The number of pyridine rings is 1. The van der Waals surface area contributed by atoms with Crippen LogP contribution in [0.5, 0.6) is 0 Å². The van der Waals surface area contributed by atoms with Gasteiger partial charge in [0.2, 0.25) is 0 Å². The fourth-order valence-electron chi connectivity index (χ4n) is 1.69. The molecule has 0 fully saturated rings. The van der Waals surface area contributed by atoms with Gasteiger partial charge in [-0.3, -0.25) is 4.79 Å². The SMILES string of the molecule is Cc1ccc(CNC(=O)c2cccnc2NN)cc1. The second-order valence-electron chi connectivity index (χ2n) is 4.21. The van der Waals surface area contributed by atoms with Crippen LogP contribution in [0.1, 0.15) is 21.5 Å². The van der Waals surface area contributed by atoms with Gasteiger partial charge in [-0.15, -0.1) is 0 Å². The lowest BCUT2D eigenvalue weighted by molar-refractivity contribution is 0.0951. The predicted octanol–water partition coefficient (Wildman–Crippen LogP) is 1.61. The molecule has 0 aliphatic heterocycles. The van der Waals surface area contributed by atoms with E-state index in [1.165, 1.54) is 5.56 Å². The van der Waals surface area contributed by atoms with Crippen molar-refractivity contribution >= 4 is 11.7 Å². The number of hydrogen-bond acceptors (Lipinski definition) is 4. The molecule has 1 aromatic heterocycles. The third-order valence-electron chi connectivity index (χ3n) is 2.76. The number of amides is 1. The first kappa shape index (κ1) is 13.0. The minimum atomic E-state index is -0.207. The highest BCUT2D eigenvalue weighted by Gasteiger charge is 2.10. The van der Waals surface area contributed by atoms with E-state index in [2.05, 4.69) is 15.7 Å². The Labute approximate surface area is 111 Å². The second-order valence-corrected chi connectivity index (χ2v) is 4.21. The van der Waals surface area contributed by atoms with Gasteiger partial charge in [0.25, 0.3) is 5.91 Å². The van der Waals surface area contributed by atoms with Crippen LogP contribution in [-0.2, 0) is 6.54 Å². The molecule has 0 saturated carbocycles. The third-order valence-corrected chi connectivity index (χ3v) is 2.76. The topological polar surface area (TPSA) is 80.0 Å². The van der Waals surface area contributed by atoms with Crippen LogP contribution in [0.4, 0.5) is 5.82 Å². The highest BCUT2D eigenvalue weighted by molar-refractivity contribution is 5.98. The molecule has 0 radical (unpaired) electrons. The maximum Gasteiger partial charge on any atom is 0.255 e. The van der Waals surface area contributed by atoms with Crippen molar-refractivity contribution in [3.63, 3.8) is 0 Å². The summed E-state index contributed by atoms with van der Waals surface area (Å²) in [5, 5.41) is 2.83. The summed E-state index contributed by atoms with van der Waals surface area (Å²) in [6.07, 6.45) is 1.58. The summed E-state index contributed by atoms with van der Waals surface area (Å²) in [6, 6.07) is 11.4. The quantitative estimate of drug-likeness (QED) is 0.573. The van der Waals surface area contributed by atoms with Gasteiger partial charge in [-0.05, 0) is 24.6 Å². The number of carbonyl (C=O) groups is 1. The summed E-state index contributed by atoms with van der Waals surface area (Å²) >= 11 is 0. The van der Waals surface area contributed by atoms with Crippen molar-refractivity contribution < 1.29 is 4.79 Å². The number of carbonyl (C=O) groups excluding carboxylic acids is 1. The highest BCUT2D eigenvalue weighted by Crippen LogP contribution is 2.10. The van der Waals surface area contributed by atoms with E-state index < -0.39 is 0 Å². The normalized spacial score (nSPS) is 10.0. The molecule has 98 valence electrons. The Morgan fingerprint density at radius 3 is 2.68 bits per heavy atom. The van der Waals surface area contributed by atoms with Gasteiger partial charge in [0.15, 0.2) is 5.82 Å². The van der Waals surface area contributed by atoms with Gasteiger partial charge < -0.3 is 10.7 Å². The summed E-state index contributed by atoms with van der Waals surface area (Å²) in [5.41, 5.74) is 5.08. The summed E-state index contributed by atoms with van der Waals surface area (Å²) in [4.78, 5) is 16.0. The Hall–Kier alpha value is -2.40. The molecule has 1 amide bonds. The van der Waals surface area contributed by atoms with E-state index in [1.54, 1.807) is 18.3 Å². The van der Waals surface area contributed by atoms with Gasteiger partial charge >= 0.3 is 0 Å². The zero-order valence-electron chi connectivity index (χ0n) is 10.7. The monoisotopic (exact) mass is 256 g/mol. The molecular weight excluding hydrogens is 240 g/mol. The lowest BCUT2D eigenvalue weighted by atomic mass is 10.1. The maximum absolute atomic E-state index is 12.0. The molecular formula is C14H16N4O. The van der Waals surface area contributed by atoms with Crippen LogP contribution in [-0.4, -0.2) is 10.9 Å². The number of hydrazine groups is 1. The number of hydrogen-bond donors (Lipinski definition) is 3. The van der Waals surface area contributed by atoms with Crippen molar-refractivity contribution in [1.29, 1.82) is 0 Å². The number of nitrogens with zero attached hydrogens (tertiary/aromatic N) is 1. The van der Waals surface area contributed by atoms with Crippen LogP contribution in [0.3, 0.4) is 0 Å². The molecule has 0 bridgehead atoms. The summed E-state index contributed by atoms with van der Waals surface area (Å²) in [6.45, 7) is 2.50. The molecule has 0 spiro atoms. The van der Waals surface area contributed by atoms with Crippen LogP contribution < -0.4 is 16.6 Å². The fraction of sp³-hybridized carbons (Fsp3) is 0.143. The van der Waals surface area contributed by atoms with Gasteiger partial charge in [-0.1, -0.05) is 29.8 Å². The Morgan fingerprint density at radius 1 is 1.26 bits per heavy atom. The van der Waals surface area contributed by atoms with Crippen molar-refractivity contribution in [1.82, 2.24) is 10.3 Å². The zero-order valence-corrected chi connectivity index (χ0v) is 10.7. The highest BCUT2D eigenvalue weighted by atomic mass is 16.1. The summed E-state index contributed by atoms with van der Waals surface area (Å²) in [7, 11) is 0. The first-order valence-electron chi connectivity index (χ1n) is 5.96. The average Bonchev–Trinajstić information content (AvgIpc) is 2.46. The Bertz CT molecular complexity index is 566.